The summed E-state index contributed by atoms with van der Waals surface area (Å²) >= 11 is 0. The molecule has 0 atom stereocenters. The Hall–Kier alpha value is -3.02. The van der Waals surface area contributed by atoms with Gasteiger partial charge in [-0.25, -0.2) is 13.1 Å². The monoisotopic (exact) mass is 453 g/mol. The van der Waals surface area contributed by atoms with Crippen LogP contribution in [0.3, 0.4) is 0 Å². The zero-order valence-corrected chi connectivity index (χ0v) is 15.8. The van der Waals surface area contributed by atoms with E-state index in [0.717, 1.165) is 6.08 Å². The molecular weight excluding hydrogens is 440 g/mol. The van der Waals surface area contributed by atoms with Crippen LogP contribution in [-0.4, -0.2) is 21.4 Å². The molecule has 0 fully saturated rings. The van der Waals surface area contributed by atoms with Crippen LogP contribution in [0.4, 0.5) is 26.3 Å². The Morgan fingerprint density at radius 3 is 2.23 bits per heavy atom. The maximum Gasteiger partial charge on any atom is 0.417 e. The first-order chi connectivity index (χ1) is 13.7. The third kappa shape index (κ3) is 5.99. The Labute approximate surface area is 167 Å². The molecule has 0 spiro atoms. The van der Waals surface area contributed by atoms with E-state index in [1.165, 1.54) is 24.0 Å². The minimum Gasteiger partial charge on any atom is -0.497 e. The maximum atomic E-state index is 13.1. The van der Waals surface area contributed by atoms with E-state index >= 15 is 0 Å². The molecule has 0 aliphatic carbocycles. The SMILES string of the molecule is COc1cccc(/C=C/S(=O)(=O)NC(=O)c2ccc(C(F)(F)F)cc2C(F)(F)F)c1. The number of alkyl halides is 6. The van der Waals surface area contributed by atoms with Gasteiger partial charge in [0.05, 0.1) is 29.2 Å². The Kier molecular flexibility index (Phi) is 6.50. The van der Waals surface area contributed by atoms with Crippen LogP contribution in [0.5, 0.6) is 5.75 Å². The van der Waals surface area contributed by atoms with E-state index in [0.29, 0.717) is 16.7 Å². The van der Waals surface area contributed by atoms with E-state index in [1.807, 2.05) is 0 Å². The highest BCUT2D eigenvalue weighted by atomic mass is 32.2. The van der Waals surface area contributed by atoms with Crippen LogP contribution in [0.15, 0.2) is 47.9 Å². The molecule has 0 aliphatic heterocycles. The predicted octanol–water partition coefficient (Wildman–Crippen LogP) is 4.46. The molecule has 0 heterocycles. The van der Waals surface area contributed by atoms with E-state index in [9.17, 15) is 39.6 Å². The van der Waals surface area contributed by atoms with Crippen molar-refractivity contribution in [3.8, 4) is 5.75 Å². The van der Waals surface area contributed by atoms with Gasteiger partial charge in [0.25, 0.3) is 15.9 Å². The van der Waals surface area contributed by atoms with E-state index in [4.69, 9.17) is 4.74 Å². The number of rotatable bonds is 5. The highest BCUT2D eigenvalue weighted by Crippen LogP contribution is 2.37. The lowest BCUT2D eigenvalue weighted by molar-refractivity contribution is -0.143. The van der Waals surface area contributed by atoms with Gasteiger partial charge in [-0.3, -0.25) is 4.79 Å². The van der Waals surface area contributed by atoms with Crippen molar-refractivity contribution in [2.45, 2.75) is 12.4 Å². The lowest BCUT2D eigenvalue weighted by Gasteiger charge is -2.15. The summed E-state index contributed by atoms with van der Waals surface area (Å²) in [6.07, 6.45) is -9.36. The van der Waals surface area contributed by atoms with Crippen LogP contribution >= 0.6 is 0 Å². The molecule has 1 N–H and O–H groups in total. The Morgan fingerprint density at radius 1 is 1.00 bits per heavy atom. The van der Waals surface area contributed by atoms with Gasteiger partial charge in [0, 0.05) is 0 Å². The number of halogens is 6. The van der Waals surface area contributed by atoms with Crippen LogP contribution in [0.2, 0.25) is 0 Å². The third-order valence-electron chi connectivity index (χ3n) is 3.67. The lowest BCUT2D eigenvalue weighted by atomic mass is 10.0. The number of methoxy groups -OCH3 is 1. The summed E-state index contributed by atoms with van der Waals surface area (Å²) in [6, 6.07) is 6.33. The first-order valence-corrected chi connectivity index (χ1v) is 9.45. The topological polar surface area (TPSA) is 72.5 Å². The van der Waals surface area contributed by atoms with Crippen molar-refractivity contribution in [1.29, 1.82) is 0 Å². The molecule has 0 aromatic heterocycles. The number of nitrogens with one attached hydrogen (secondary N) is 1. The predicted molar refractivity (Wildman–Crippen MR) is 94.9 cm³/mol. The minimum absolute atomic E-state index is 0.253. The number of hydrogen-bond donors (Lipinski definition) is 1. The smallest absolute Gasteiger partial charge is 0.417 e. The molecule has 0 radical (unpaired) electrons. The van der Waals surface area contributed by atoms with Gasteiger partial charge < -0.3 is 4.74 Å². The molecule has 162 valence electrons. The quantitative estimate of drug-likeness (QED) is 0.679. The zero-order valence-electron chi connectivity index (χ0n) is 15.0. The summed E-state index contributed by atoms with van der Waals surface area (Å²) in [6.45, 7) is 0. The molecule has 30 heavy (non-hydrogen) atoms. The largest absolute Gasteiger partial charge is 0.497 e. The van der Waals surface area contributed by atoms with Crippen molar-refractivity contribution in [3.63, 3.8) is 0 Å². The molecule has 0 bridgehead atoms. The van der Waals surface area contributed by atoms with Gasteiger partial charge >= 0.3 is 12.4 Å². The normalized spacial score (nSPS) is 12.8. The molecule has 0 aliphatic rings. The van der Waals surface area contributed by atoms with Crippen molar-refractivity contribution in [3.05, 3.63) is 70.1 Å². The van der Waals surface area contributed by atoms with Gasteiger partial charge in [0.1, 0.15) is 5.75 Å². The van der Waals surface area contributed by atoms with Gasteiger partial charge in [0.15, 0.2) is 0 Å². The average molecular weight is 453 g/mol. The number of hydrogen-bond acceptors (Lipinski definition) is 4. The first kappa shape index (κ1) is 23.3. The number of ether oxygens (including phenoxy) is 1. The van der Waals surface area contributed by atoms with Gasteiger partial charge in [-0.15, -0.1) is 0 Å². The van der Waals surface area contributed by atoms with E-state index in [-0.39, 0.29) is 18.2 Å². The van der Waals surface area contributed by atoms with Crippen LogP contribution in [0.1, 0.15) is 27.0 Å². The fourth-order valence-corrected chi connectivity index (χ4v) is 3.06. The summed E-state index contributed by atoms with van der Waals surface area (Å²) in [5.74, 6) is -1.33. The number of benzene rings is 2. The van der Waals surface area contributed by atoms with Crippen molar-refractivity contribution in [1.82, 2.24) is 4.72 Å². The lowest BCUT2D eigenvalue weighted by Crippen LogP contribution is -2.31. The highest BCUT2D eigenvalue weighted by molar-refractivity contribution is 7.93. The number of amides is 1. The molecular formula is C18H13F6NO4S. The standard InChI is InChI=1S/C18H13F6NO4S/c1-29-13-4-2-3-11(9-13)7-8-30(27,28)25-16(26)14-6-5-12(17(19,20)21)10-15(14)18(22,23)24/h2-10H,1H3,(H,25,26)/b8-7+. The van der Waals surface area contributed by atoms with Crippen LogP contribution in [0.25, 0.3) is 6.08 Å². The number of sulfonamides is 1. The van der Waals surface area contributed by atoms with E-state index in [1.54, 1.807) is 12.1 Å². The second-order valence-corrected chi connectivity index (χ2v) is 7.38. The minimum atomic E-state index is -5.33. The van der Waals surface area contributed by atoms with E-state index < -0.39 is 45.0 Å². The fourth-order valence-electron chi connectivity index (χ4n) is 2.28. The molecule has 2 aromatic rings. The van der Waals surface area contributed by atoms with Gasteiger partial charge in [-0.2, -0.15) is 26.3 Å². The van der Waals surface area contributed by atoms with Gasteiger partial charge in [-0.05, 0) is 42.0 Å². The maximum absolute atomic E-state index is 13.1. The van der Waals surface area contributed by atoms with Crippen molar-refractivity contribution >= 4 is 22.0 Å². The summed E-state index contributed by atoms with van der Waals surface area (Å²) < 4.78 is 108. The Bertz CT molecular complexity index is 1070. The Morgan fingerprint density at radius 2 is 1.67 bits per heavy atom. The van der Waals surface area contributed by atoms with Crippen LogP contribution in [-0.2, 0) is 22.4 Å². The molecule has 0 unspecified atom stereocenters. The Balaban J connectivity index is 2.32. The van der Waals surface area contributed by atoms with Crippen molar-refractivity contribution < 1.29 is 44.3 Å². The first-order valence-electron chi connectivity index (χ1n) is 7.90. The summed E-state index contributed by atoms with van der Waals surface area (Å²) in [5.41, 5.74) is -4.47. The zero-order chi connectivity index (χ0) is 22.7. The number of carbonyl (C=O) groups excluding carboxylic acids is 1. The molecule has 0 saturated heterocycles. The molecule has 1 amide bonds. The molecule has 2 rings (SSSR count). The van der Waals surface area contributed by atoms with Gasteiger partial charge in [0.2, 0.25) is 0 Å². The molecule has 2 aromatic carbocycles. The van der Waals surface area contributed by atoms with Crippen LogP contribution in [0, 0.1) is 0 Å². The number of carbonyl (C=O) groups is 1. The molecule has 0 saturated carbocycles. The summed E-state index contributed by atoms with van der Waals surface area (Å²) in [5, 5.41) is 0.525. The second kappa shape index (κ2) is 8.38. The van der Waals surface area contributed by atoms with Crippen molar-refractivity contribution in [2.75, 3.05) is 7.11 Å². The molecule has 5 nitrogen and oxygen atoms in total. The van der Waals surface area contributed by atoms with Gasteiger partial charge in [-0.1, -0.05) is 12.1 Å². The summed E-state index contributed by atoms with van der Waals surface area (Å²) in [7, 11) is -3.18. The summed E-state index contributed by atoms with van der Waals surface area (Å²) in [4.78, 5) is 12.1. The molecule has 12 heteroatoms. The third-order valence-corrected chi connectivity index (χ3v) is 4.63. The second-order valence-electron chi connectivity index (χ2n) is 5.81. The van der Waals surface area contributed by atoms with Crippen molar-refractivity contribution in [2.24, 2.45) is 0 Å². The fraction of sp³-hybridized carbons (Fsp3) is 0.167. The highest BCUT2D eigenvalue weighted by Gasteiger charge is 2.39. The van der Waals surface area contributed by atoms with Crippen LogP contribution < -0.4 is 9.46 Å². The van der Waals surface area contributed by atoms with E-state index in [2.05, 4.69) is 0 Å². The average Bonchev–Trinajstić information content (AvgIpc) is 2.64.